The Balaban J connectivity index is 2.14. The van der Waals surface area contributed by atoms with Crippen LogP contribution in [0.25, 0.3) is 0 Å². The summed E-state index contributed by atoms with van der Waals surface area (Å²) >= 11 is 0. The Morgan fingerprint density at radius 1 is 1.73 bits per heavy atom. The fourth-order valence-electron chi connectivity index (χ4n) is 1.23. The lowest BCUT2D eigenvalue weighted by Crippen LogP contribution is -2.07. The van der Waals surface area contributed by atoms with Crippen molar-refractivity contribution in [2.24, 2.45) is 0 Å². The predicted octanol–water partition coefficient (Wildman–Crippen LogP) is 0.899. The minimum Gasteiger partial charge on any atom is -0.371 e. The van der Waals surface area contributed by atoms with Gasteiger partial charge in [0.25, 0.3) is 0 Å². The van der Waals surface area contributed by atoms with Gasteiger partial charge in [-0.1, -0.05) is 0 Å². The lowest BCUT2D eigenvalue weighted by Gasteiger charge is -1.98. The fourth-order valence-corrected chi connectivity index (χ4v) is 1.23. The first kappa shape index (κ1) is 6.85. The third-order valence-electron chi connectivity index (χ3n) is 1.88. The average Bonchev–Trinajstić information content (AvgIpc) is 2.64. The van der Waals surface area contributed by atoms with Crippen LogP contribution in [0.5, 0.6) is 0 Å². The van der Waals surface area contributed by atoms with Crippen LogP contribution >= 0.6 is 0 Å². The van der Waals surface area contributed by atoms with Gasteiger partial charge in [0.1, 0.15) is 6.10 Å². The molecule has 1 unspecified atom stereocenters. The van der Waals surface area contributed by atoms with E-state index in [0.29, 0.717) is 6.10 Å². The molecule has 3 nitrogen and oxygen atoms in total. The van der Waals surface area contributed by atoms with Crippen molar-refractivity contribution in [2.45, 2.75) is 26.5 Å². The highest BCUT2D eigenvalue weighted by molar-refractivity contribution is 5.06. The van der Waals surface area contributed by atoms with Crippen molar-refractivity contribution in [1.82, 2.24) is 9.78 Å². The molecule has 1 fully saturated rings. The molecule has 2 heterocycles. The molecule has 0 radical (unpaired) electrons. The molecule has 1 aliphatic heterocycles. The molecule has 1 saturated heterocycles. The third-order valence-corrected chi connectivity index (χ3v) is 1.88. The van der Waals surface area contributed by atoms with Crippen molar-refractivity contribution >= 4 is 0 Å². The van der Waals surface area contributed by atoms with Crippen molar-refractivity contribution in [3.8, 4) is 0 Å². The fraction of sp³-hybridized carbons (Fsp3) is 0.625. The van der Waals surface area contributed by atoms with Crippen LogP contribution in [-0.4, -0.2) is 22.5 Å². The number of aryl methyl sites for hydroxylation is 2. The molecule has 60 valence electrons. The first-order chi connectivity index (χ1) is 5.25. The van der Waals surface area contributed by atoms with Gasteiger partial charge in [-0.05, 0) is 19.9 Å². The summed E-state index contributed by atoms with van der Waals surface area (Å²) in [4.78, 5) is 0. The number of ether oxygens (including phenoxy) is 1. The summed E-state index contributed by atoms with van der Waals surface area (Å²) in [6.07, 6.45) is 0.424. The van der Waals surface area contributed by atoms with Gasteiger partial charge in [0.15, 0.2) is 0 Å². The monoisotopic (exact) mass is 152 g/mol. The zero-order valence-corrected chi connectivity index (χ0v) is 6.87. The largest absolute Gasteiger partial charge is 0.371 e. The molecule has 0 aliphatic carbocycles. The molecule has 11 heavy (non-hydrogen) atoms. The third kappa shape index (κ3) is 1.43. The van der Waals surface area contributed by atoms with Crippen LogP contribution in [0.15, 0.2) is 6.07 Å². The van der Waals surface area contributed by atoms with Gasteiger partial charge in [0.05, 0.1) is 18.8 Å². The van der Waals surface area contributed by atoms with Crippen LogP contribution in [0.3, 0.4) is 0 Å². The highest BCUT2D eigenvalue weighted by Crippen LogP contribution is 2.12. The van der Waals surface area contributed by atoms with Crippen molar-refractivity contribution in [3.05, 3.63) is 17.5 Å². The lowest BCUT2D eigenvalue weighted by molar-refractivity contribution is 0.371. The standard InChI is InChI=1S/C8H12N2O/c1-6-3-7(2)10(9-6)4-8-5-11-8/h3,8H,4-5H2,1-2H3. The van der Waals surface area contributed by atoms with Crippen LogP contribution in [0.1, 0.15) is 11.4 Å². The van der Waals surface area contributed by atoms with Gasteiger partial charge >= 0.3 is 0 Å². The van der Waals surface area contributed by atoms with Crippen molar-refractivity contribution in [1.29, 1.82) is 0 Å². The summed E-state index contributed by atoms with van der Waals surface area (Å²) in [6.45, 7) is 5.90. The summed E-state index contributed by atoms with van der Waals surface area (Å²) in [7, 11) is 0. The Labute approximate surface area is 66.0 Å². The van der Waals surface area contributed by atoms with Crippen molar-refractivity contribution in [2.75, 3.05) is 6.61 Å². The Bertz CT molecular complexity index is 263. The number of rotatable bonds is 2. The second-order valence-electron chi connectivity index (χ2n) is 3.06. The van der Waals surface area contributed by atoms with Gasteiger partial charge in [0, 0.05) is 5.69 Å². The lowest BCUT2D eigenvalue weighted by atomic mass is 10.4. The summed E-state index contributed by atoms with van der Waals surface area (Å²) in [5, 5.41) is 4.33. The van der Waals surface area contributed by atoms with Gasteiger partial charge in [0.2, 0.25) is 0 Å². The number of hydrogen-bond donors (Lipinski definition) is 0. The maximum Gasteiger partial charge on any atom is 0.100 e. The summed E-state index contributed by atoms with van der Waals surface area (Å²) in [6, 6.07) is 2.09. The molecule has 2 rings (SSSR count). The molecule has 1 aromatic rings. The van der Waals surface area contributed by atoms with E-state index in [2.05, 4.69) is 18.1 Å². The molecule has 0 amide bonds. The SMILES string of the molecule is Cc1cc(C)n(CC2CO2)n1. The molecule has 1 aliphatic rings. The molecule has 1 atom stereocenters. The molecular formula is C8H12N2O. The van der Waals surface area contributed by atoms with E-state index in [4.69, 9.17) is 4.74 Å². The van der Waals surface area contributed by atoms with E-state index in [-0.39, 0.29) is 0 Å². The second kappa shape index (κ2) is 2.34. The Hall–Kier alpha value is -0.830. The van der Waals surface area contributed by atoms with Crippen LogP contribution in [0, 0.1) is 13.8 Å². The molecular weight excluding hydrogens is 140 g/mol. The van der Waals surface area contributed by atoms with Crippen LogP contribution in [0.4, 0.5) is 0 Å². The van der Waals surface area contributed by atoms with E-state index >= 15 is 0 Å². The molecule has 0 bridgehead atoms. The Kier molecular flexibility index (Phi) is 1.46. The number of epoxide rings is 1. The quantitative estimate of drug-likeness (QED) is 0.589. The van der Waals surface area contributed by atoms with E-state index in [9.17, 15) is 0 Å². The summed E-state index contributed by atoms with van der Waals surface area (Å²) in [5.74, 6) is 0. The topological polar surface area (TPSA) is 30.4 Å². The Morgan fingerprint density at radius 3 is 2.91 bits per heavy atom. The zero-order chi connectivity index (χ0) is 7.84. The van der Waals surface area contributed by atoms with Crippen LogP contribution in [0.2, 0.25) is 0 Å². The molecule has 3 heteroatoms. The van der Waals surface area contributed by atoms with E-state index in [1.54, 1.807) is 0 Å². The minimum atomic E-state index is 0.424. The second-order valence-corrected chi connectivity index (χ2v) is 3.06. The first-order valence-electron chi connectivity index (χ1n) is 3.88. The number of hydrogen-bond acceptors (Lipinski definition) is 2. The highest BCUT2D eigenvalue weighted by Gasteiger charge is 2.23. The van der Waals surface area contributed by atoms with Crippen LogP contribution < -0.4 is 0 Å². The maximum absolute atomic E-state index is 5.12. The zero-order valence-electron chi connectivity index (χ0n) is 6.87. The van der Waals surface area contributed by atoms with E-state index in [0.717, 1.165) is 18.8 Å². The predicted molar refractivity (Wildman–Crippen MR) is 41.4 cm³/mol. The van der Waals surface area contributed by atoms with E-state index in [1.165, 1.54) is 5.69 Å². The van der Waals surface area contributed by atoms with Crippen molar-refractivity contribution in [3.63, 3.8) is 0 Å². The average molecular weight is 152 g/mol. The molecule has 0 N–H and O–H groups in total. The summed E-state index contributed by atoms with van der Waals surface area (Å²) in [5.41, 5.74) is 2.31. The molecule has 0 saturated carbocycles. The van der Waals surface area contributed by atoms with Crippen molar-refractivity contribution < 1.29 is 4.74 Å². The van der Waals surface area contributed by atoms with Gasteiger partial charge in [-0.3, -0.25) is 4.68 Å². The van der Waals surface area contributed by atoms with Gasteiger partial charge < -0.3 is 4.74 Å². The minimum absolute atomic E-state index is 0.424. The first-order valence-corrected chi connectivity index (χ1v) is 3.88. The van der Waals surface area contributed by atoms with Gasteiger partial charge in [-0.25, -0.2) is 0 Å². The number of nitrogens with zero attached hydrogens (tertiary/aromatic N) is 2. The van der Waals surface area contributed by atoms with Gasteiger partial charge in [-0.2, -0.15) is 5.10 Å². The molecule has 1 aromatic heterocycles. The highest BCUT2D eigenvalue weighted by atomic mass is 16.6. The normalized spacial score (nSPS) is 22.2. The maximum atomic E-state index is 5.12. The van der Waals surface area contributed by atoms with E-state index in [1.807, 2.05) is 11.6 Å². The Morgan fingerprint density at radius 2 is 2.45 bits per heavy atom. The molecule has 0 aromatic carbocycles. The molecule has 0 spiro atoms. The van der Waals surface area contributed by atoms with Crippen LogP contribution in [-0.2, 0) is 11.3 Å². The summed E-state index contributed by atoms with van der Waals surface area (Å²) < 4.78 is 7.12. The van der Waals surface area contributed by atoms with Gasteiger partial charge in [-0.15, -0.1) is 0 Å². The van der Waals surface area contributed by atoms with E-state index < -0.39 is 0 Å². The number of aromatic nitrogens is 2. The smallest absolute Gasteiger partial charge is 0.100 e.